The van der Waals surface area contributed by atoms with Crippen molar-refractivity contribution in [2.75, 3.05) is 40.4 Å². The molecule has 0 saturated heterocycles. The van der Waals surface area contributed by atoms with Crippen LogP contribution in [-0.4, -0.2) is 57.2 Å². The summed E-state index contributed by atoms with van der Waals surface area (Å²) in [5.74, 6) is 2.32. The zero-order chi connectivity index (χ0) is 21.2. The number of ether oxygens (including phenoxy) is 2. The van der Waals surface area contributed by atoms with Crippen LogP contribution in [0.1, 0.15) is 24.4 Å². The van der Waals surface area contributed by atoms with E-state index in [2.05, 4.69) is 21.7 Å². The number of amides is 1. The Morgan fingerprint density at radius 2 is 1.93 bits per heavy atom. The number of hydrogen-bond acceptors (Lipinski definition) is 4. The van der Waals surface area contributed by atoms with Gasteiger partial charge in [-0.15, -0.1) is 0 Å². The van der Waals surface area contributed by atoms with Gasteiger partial charge in [0.05, 0.1) is 19.3 Å². The normalized spacial score (nSPS) is 15.5. The van der Waals surface area contributed by atoms with Crippen molar-refractivity contribution in [3.8, 4) is 11.5 Å². The zero-order valence-electron chi connectivity index (χ0n) is 17.6. The van der Waals surface area contributed by atoms with Gasteiger partial charge in [-0.05, 0) is 24.6 Å². The largest absolute Gasteiger partial charge is 0.494 e. The number of hydrogen-bond donors (Lipinski definition) is 2. The fourth-order valence-electron chi connectivity index (χ4n) is 3.08. The average Bonchev–Trinajstić information content (AvgIpc) is 2.77. The smallest absolute Gasteiger partial charge is 0.243 e. The molecule has 1 amide bonds. The molecule has 1 heterocycles. The standard InChI is InChI=1S/C23H30N4O3/c1-27(2)22(28)17-25-23(24-14-8-15-29-18-9-4-3-5-10-18)26-20-13-16-30-21-12-7-6-11-19(20)21/h3-7,9-12,20H,8,13-17H2,1-2H3,(H2,24,25,26). The van der Waals surface area contributed by atoms with Gasteiger partial charge in [-0.3, -0.25) is 4.79 Å². The Morgan fingerprint density at radius 1 is 1.17 bits per heavy atom. The molecule has 0 saturated carbocycles. The Morgan fingerprint density at radius 3 is 2.73 bits per heavy atom. The number of likely N-dealkylation sites (N-methyl/N-ethyl adjacent to an activating group) is 1. The Hall–Kier alpha value is -3.22. The van der Waals surface area contributed by atoms with Crippen molar-refractivity contribution in [3.05, 3.63) is 60.2 Å². The van der Waals surface area contributed by atoms with Crippen LogP contribution in [0.25, 0.3) is 0 Å². The van der Waals surface area contributed by atoms with Crippen LogP contribution >= 0.6 is 0 Å². The van der Waals surface area contributed by atoms with Crippen LogP contribution < -0.4 is 20.1 Å². The van der Waals surface area contributed by atoms with Crippen molar-refractivity contribution in [1.82, 2.24) is 15.5 Å². The molecule has 3 rings (SSSR count). The van der Waals surface area contributed by atoms with Crippen LogP contribution in [-0.2, 0) is 4.79 Å². The van der Waals surface area contributed by atoms with Crippen LogP contribution in [0.3, 0.4) is 0 Å². The second-order valence-electron chi connectivity index (χ2n) is 7.27. The number of carbonyl (C=O) groups excluding carboxylic acids is 1. The number of fused-ring (bicyclic) bond motifs is 1. The first-order valence-corrected chi connectivity index (χ1v) is 10.3. The van der Waals surface area contributed by atoms with Gasteiger partial charge in [0.15, 0.2) is 5.96 Å². The summed E-state index contributed by atoms with van der Waals surface area (Å²) in [6.45, 7) is 2.01. The highest BCUT2D eigenvalue weighted by Gasteiger charge is 2.22. The number of guanidine groups is 1. The minimum atomic E-state index is -0.0455. The molecule has 0 radical (unpaired) electrons. The van der Waals surface area contributed by atoms with E-state index < -0.39 is 0 Å². The minimum absolute atomic E-state index is 0.0455. The summed E-state index contributed by atoms with van der Waals surface area (Å²) in [5, 5.41) is 6.79. The molecule has 1 aliphatic heterocycles. The monoisotopic (exact) mass is 410 g/mol. The number of rotatable bonds is 8. The van der Waals surface area contributed by atoms with E-state index in [0.29, 0.717) is 25.7 Å². The van der Waals surface area contributed by atoms with Crippen LogP contribution in [0.2, 0.25) is 0 Å². The summed E-state index contributed by atoms with van der Waals surface area (Å²) in [6.07, 6.45) is 1.64. The Labute approximate surface area is 178 Å². The predicted octanol–water partition coefficient (Wildman–Crippen LogP) is 2.60. The Kier molecular flexibility index (Phi) is 7.94. The van der Waals surface area contributed by atoms with E-state index >= 15 is 0 Å². The summed E-state index contributed by atoms with van der Waals surface area (Å²) >= 11 is 0. The maximum Gasteiger partial charge on any atom is 0.243 e. The lowest BCUT2D eigenvalue weighted by Crippen LogP contribution is -2.42. The van der Waals surface area contributed by atoms with Crippen molar-refractivity contribution >= 4 is 11.9 Å². The molecule has 0 aromatic heterocycles. The van der Waals surface area contributed by atoms with Crippen molar-refractivity contribution < 1.29 is 14.3 Å². The zero-order valence-corrected chi connectivity index (χ0v) is 17.6. The number of benzene rings is 2. The number of para-hydroxylation sites is 2. The Bertz CT molecular complexity index is 839. The highest BCUT2D eigenvalue weighted by molar-refractivity contribution is 5.85. The lowest BCUT2D eigenvalue weighted by Gasteiger charge is -2.28. The summed E-state index contributed by atoms with van der Waals surface area (Å²) in [5.41, 5.74) is 1.10. The molecular formula is C23H30N4O3. The first kappa shape index (κ1) is 21.5. The molecule has 0 spiro atoms. The molecule has 0 bridgehead atoms. The Balaban J connectivity index is 1.56. The van der Waals surface area contributed by atoms with E-state index in [1.165, 1.54) is 0 Å². The minimum Gasteiger partial charge on any atom is -0.494 e. The number of carbonyl (C=O) groups is 1. The molecule has 1 atom stereocenters. The first-order chi connectivity index (χ1) is 14.6. The van der Waals surface area contributed by atoms with E-state index in [1.54, 1.807) is 19.0 Å². The van der Waals surface area contributed by atoms with Gasteiger partial charge in [0, 0.05) is 32.6 Å². The molecule has 7 nitrogen and oxygen atoms in total. The lowest BCUT2D eigenvalue weighted by atomic mass is 10.0. The molecule has 0 aliphatic carbocycles. The van der Waals surface area contributed by atoms with Gasteiger partial charge in [0.1, 0.15) is 18.0 Å². The van der Waals surface area contributed by atoms with Crippen LogP contribution in [0, 0.1) is 0 Å². The van der Waals surface area contributed by atoms with Crippen molar-refractivity contribution in [1.29, 1.82) is 0 Å². The van der Waals surface area contributed by atoms with Gasteiger partial charge >= 0.3 is 0 Å². The third-order valence-corrected chi connectivity index (χ3v) is 4.77. The number of aliphatic imine (C=N–C) groups is 1. The second kappa shape index (κ2) is 11.1. The van der Waals surface area contributed by atoms with E-state index in [4.69, 9.17) is 9.47 Å². The number of nitrogens with zero attached hydrogens (tertiary/aromatic N) is 2. The molecule has 160 valence electrons. The van der Waals surface area contributed by atoms with Crippen molar-refractivity contribution in [2.45, 2.75) is 18.9 Å². The third kappa shape index (κ3) is 6.40. The van der Waals surface area contributed by atoms with Gasteiger partial charge < -0.3 is 25.0 Å². The summed E-state index contributed by atoms with van der Waals surface area (Å²) < 4.78 is 11.5. The van der Waals surface area contributed by atoms with Gasteiger partial charge in [-0.1, -0.05) is 36.4 Å². The molecule has 2 aromatic rings. The summed E-state index contributed by atoms with van der Waals surface area (Å²) in [4.78, 5) is 18.0. The highest BCUT2D eigenvalue weighted by atomic mass is 16.5. The van der Waals surface area contributed by atoms with E-state index in [1.807, 2.05) is 48.5 Å². The SMILES string of the molecule is CN(C)C(=O)CN=C(NCCCOc1ccccc1)NC1CCOc2ccccc21. The van der Waals surface area contributed by atoms with Gasteiger partial charge in [-0.25, -0.2) is 4.99 Å². The second-order valence-corrected chi connectivity index (χ2v) is 7.27. The lowest BCUT2D eigenvalue weighted by molar-refractivity contribution is -0.127. The predicted molar refractivity (Wildman–Crippen MR) is 118 cm³/mol. The van der Waals surface area contributed by atoms with Gasteiger partial charge in [0.2, 0.25) is 5.91 Å². The maximum atomic E-state index is 12.0. The van der Waals surface area contributed by atoms with Crippen LogP contribution in [0.4, 0.5) is 0 Å². The molecular weight excluding hydrogens is 380 g/mol. The molecule has 1 unspecified atom stereocenters. The fraction of sp³-hybridized carbons (Fsp3) is 0.391. The van der Waals surface area contributed by atoms with Crippen molar-refractivity contribution in [2.24, 2.45) is 4.99 Å². The van der Waals surface area contributed by atoms with E-state index in [0.717, 1.165) is 29.9 Å². The quantitative estimate of drug-likeness (QED) is 0.398. The first-order valence-electron chi connectivity index (χ1n) is 10.3. The topological polar surface area (TPSA) is 75.2 Å². The van der Waals surface area contributed by atoms with E-state index in [9.17, 15) is 4.79 Å². The molecule has 0 fully saturated rings. The maximum absolute atomic E-state index is 12.0. The molecule has 7 heteroatoms. The fourth-order valence-corrected chi connectivity index (χ4v) is 3.08. The van der Waals surface area contributed by atoms with Crippen LogP contribution in [0.15, 0.2) is 59.6 Å². The van der Waals surface area contributed by atoms with Gasteiger partial charge in [-0.2, -0.15) is 0 Å². The summed E-state index contributed by atoms with van der Waals surface area (Å²) in [6, 6.07) is 17.8. The summed E-state index contributed by atoms with van der Waals surface area (Å²) in [7, 11) is 3.46. The third-order valence-electron chi connectivity index (χ3n) is 4.77. The molecule has 30 heavy (non-hydrogen) atoms. The molecule has 2 N–H and O–H groups in total. The van der Waals surface area contributed by atoms with Crippen LogP contribution in [0.5, 0.6) is 11.5 Å². The van der Waals surface area contributed by atoms with Gasteiger partial charge in [0.25, 0.3) is 0 Å². The highest BCUT2D eigenvalue weighted by Crippen LogP contribution is 2.31. The number of nitrogens with one attached hydrogen (secondary N) is 2. The molecule has 1 aliphatic rings. The molecule has 2 aromatic carbocycles. The van der Waals surface area contributed by atoms with Crippen molar-refractivity contribution in [3.63, 3.8) is 0 Å². The average molecular weight is 411 g/mol. The van der Waals surface area contributed by atoms with E-state index in [-0.39, 0.29) is 18.5 Å².